The van der Waals surface area contributed by atoms with Crippen LogP contribution in [0.15, 0.2) is 18.2 Å². The molecule has 3 fully saturated rings. The number of carbonyl (C=O) groups is 1. The van der Waals surface area contributed by atoms with Crippen molar-refractivity contribution in [2.24, 2.45) is 0 Å². The molecule has 1 aliphatic carbocycles. The molecule has 31 heavy (non-hydrogen) atoms. The van der Waals surface area contributed by atoms with Gasteiger partial charge in [0.2, 0.25) is 0 Å². The van der Waals surface area contributed by atoms with E-state index in [9.17, 15) is 9.90 Å². The summed E-state index contributed by atoms with van der Waals surface area (Å²) in [6.45, 7) is 12.0. The molecule has 7 nitrogen and oxygen atoms in total. The lowest BCUT2D eigenvalue weighted by molar-refractivity contribution is 0.00578. The van der Waals surface area contributed by atoms with E-state index in [4.69, 9.17) is 9.31 Å². The summed E-state index contributed by atoms with van der Waals surface area (Å²) in [6.07, 6.45) is 5.62. The van der Waals surface area contributed by atoms with Crippen molar-refractivity contribution in [3.63, 3.8) is 0 Å². The van der Waals surface area contributed by atoms with Gasteiger partial charge in [-0.25, -0.2) is 4.79 Å². The monoisotopic (exact) mass is 429 g/mol. The van der Waals surface area contributed by atoms with Crippen LogP contribution in [-0.2, 0) is 9.31 Å². The molecule has 8 heteroatoms. The van der Waals surface area contributed by atoms with E-state index in [1.165, 1.54) is 32.1 Å². The Morgan fingerprint density at radius 3 is 2.23 bits per heavy atom. The first-order valence-electron chi connectivity index (χ1n) is 11.6. The van der Waals surface area contributed by atoms with Crippen LogP contribution in [0.2, 0.25) is 0 Å². The number of anilines is 2. The van der Waals surface area contributed by atoms with Crippen LogP contribution in [0, 0.1) is 0 Å². The van der Waals surface area contributed by atoms with Gasteiger partial charge in [0.15, 0.2) is 0 Å². The van der Waals surface area contributed by atoms with Gasteiger partial charge in [-0.1, -0.05) is 25.3 Å². The Hall–Kier alpha value is -1.77. The molecule has 0 atom stereocenters. The number of hydrogen-bond acceptors (Lipinski definition) is 5. The maximum atomic E-state index is 11.4. The minimum absolute atomic E-state index is 0.415. The maximum absolute atomic E-state index is 11.4. The average Bonchev–Trinajstić information content (AvgIpc) is 2.96. The van der Waals surface area contributed by atoms with Gasteiger partial charge in [0, 0.05) is 32.2 Å². The molecule has 1 saturated carbocycles. The first-order chi connectivity index (χ1) is 14.7. The Labute approximate surface area is 186 Å². The van der Waals surface area contributed by atoms with Gasteiger partial charge >= 0.3 is 13.2 Å². The van der Waals surface area contributed by atoms with E-state index < -0.39 is 24.4 Å². The van der Waals surface area contributed by atoms with Crippen LogP contribution in [0.25, 0.3) is 0 Å². The summed E-state index contributed by atoms with van der Waals surface area (Å²) < 4.78 is 12.4. The molecule has 2 heterocycles. The van der Waals surface area contributed by atoms with Gasteiger partial charge in [-0.05, 0) is 58.1 Å². The van der Waals surface area contributed by atoms with E-state index in [0.29, 0.717) is 11.7 Å². The molecule has 0 aromatic heterocycles. The van der Waals surface area contributed by atoms with E-state index in [-0.39, 0.29) is 0 Å². The Morgan fingerprint density at radius 2 is 1.65 bits per heavy atom. The van der Waals surface area contributed by atoms with Crippen molar-refractivity contribution in [3.05, 3.63) is 18.2 Å². The predicted molar refractivity (Wildman–Crippen MR) is 124 cm³/mol. The van der Waals surface area contributed by atoms with Gasteiger partial charge in [0.05, 0.1) is 22.6 Å². The second-order valence-electron chi connectivity index (χ2n) is 10.1. The molecule has 0 radical (unpaired) electrons. The number of rotatable bonds is 4. The van der Waals surface area contributed by atoms with Crippen molar-refractivity contribution in [2.75, 3.05) is 36.4 Å². The van der Waals surface area contributed by atoms with Gasteiger partial charge in [-0.15, -0.1) is 0 Å². The van der Waals surface area contributed by atoms with Crippen LogP contribution in [0.1, 0.15) is 59.8 Å². The lowest BCUT2D eigenvalue weighted by atomic mass is 9.78. The molecule has 0 bridgehead atoms. The third kappa shape index (κ3) is 4.71. The van der Waals surface area contributed by atoms with Crippen LogP contribution in [0.3, 0.4) is 0 Å². The standard InChI is InChI=1S/C23H36BN3O4/c1-22(2)23(3,4)31-24(30-22)17-10-11-19(25-21(28)29)20(16-17)27-14-12-26(13-15-27)18-8-6-5-7-9-18/h10-11,16,18,25H,5-9,12-15H2,1-4H3,(H,28,29). The second-order valence-corrected chi connectivity index (χ2v) is 10.1. The molecule has 0 unspecified atom stereocenters. The molecule has 2 aliphatic heterocycles. The van der Waals surface area contributed by atoms with E-state index in [2.05, 4.69) is 15.1 Å². The fraction of sp³-hybridized carbons (Fsp3) is 0.696. The van der Waals surface area contributed by atoms with Crippen LogP contribution in [0.5, 0.6) is 0 Å². The second kappa shape index (κ2) is 8.64. The van der Waals surface area contributed by atoms with Crippen LogP contribution in [0.4, 0.5) is 16.2 Å². The maximum Gasteiger partial charge on any atom is 0.494 e. The molecule has 1 amide bonds. The third-order valence-electron chi connectivity index (χ3n) is 7.53. The fourth-order valence-corrected chi connectivity index (χ4v) is 4.93. The number of amides is 1. The SMILES string of the molecule is CC1(C)OB(c2ccc(NC(=O)O)c(N3CCN(C4CCCCC4)CC3)c2)OC1(C)C. The number of carboxylic acid groups (broad SMARTS) is 1. The smallest absolute Gasteiger partial charge is 0.465 e. The van der Waals surface area contributed by atoms with Crippen LogP contribution < -0.4 is 15.7 Å². The molecule has 170 valence electrons. The summed E-state index contributed by atoms with van der Waals surface area (Å²) >= 11 is 0. The summed E-state index contributed by atoms with van der Waals surface area (Å²) in [7, 11) is -0.467. The third-order valence-corrected chi connectivity index (χ3v) is 7.53. The van der Waals surface area contributed by atoms with Crippen molar-refractivity contribution in [2.45, 2.75) is 77.0 Å². The minimum atomic E-state index is -1.05. The Balaban J connectivity index is 1.53. The zero-order chi connectivity index (χ0) is 22.2. The molecular formula is C23H36BN3O4. The summed E-state index contributed by atoms with van der Waals surface area (Å²) in [5.41, 5.74) is 1.60. The molecule has 4 rings (SSSR count). The molecule has 2 saturated heterocycles. The summed E-state index contributed by atoms with van der Waals surface area (Å²) in [4.78, 5) is 16.3. The molecule has 2 N–H and O–H groups in total. The molecule has 1 aromatic carbocycles. The number of piperazine rings is 1. The highest BCUT2D eigenvalue weighted by Gasteiger charge is 2.51. The minimum Gasteiger partial charge on any atom is -0.465 e. The van der Waals surface area contributed by atoms with Crippen LogP contribution in [-0.4, -0.2) is 66.6 Å². The lowest BCUT2D eigenvalue weighted by Crippen LogP contribution is -2.51. The van der Waals surface area contributed by atoms with E-state index >= 15 is 0 Å². The highest BCUT2D eigenvalue weighted by Crippen LogP contribution is 2.37. The zero-order valence-electron chi connectivity index (χ0n) is 19.3. The lowest BCUT2D eigenvalue weighted by Gasteiger charge is -2.42. The van der Waals surface area contributed by atoms with Crippen molar-refractivity contribution in [3.8, 4) is 0 Å². The van der Waals surface area contributed by atoms with E-state index in [1.54, 1.807) is 0 Å². The van der Waals surface area contributed by atoms with Crippen molar-refractivity contribution in [1.82, 2.24) is 4.90 Å². The molecule has 0 spiro atoms. The zero-order valence-corrected chi connectivity index (χ0v) is 19.3. The van der Waals surface area contributed by atoms with E-state index in [0.717, 1.165) is 37.3 Å². The van der Waals surface area contributed by atoms with Gasteiger partial charge in [0.1, 0.15) is 0 Å². The molecular weight excluding hydrogens is 393 g/mol. The topological polar surface area (TPSA) is 74.3 Å². The summed E-state index contributed by atoms with van der Waals surface area (Å²) in [5, 5.41) is 11.9. The fourth-order valence-electron chi connectivity index (χ4n) is 4.93. The largest absolute Gasteiger partial charge is 0.494 e. The van der Waals surface area contributed by atoms with Gasteiger partial charge < -0.3 is 19.3 Å². The quantitative estimate of drug-likeness (QED) is 0.714. The molecule has 3 aliphatic rings. The predicted octanol–water partition coefficient (Wildman–Crippen LogP) is 3.53. The van der Waals surface area contributed by atoms with E-state index in [1.807, 2.05) is 45.9 Å². The molecule has 1 aromatic rings. The normalized spacial score (nSPS) is 24.4. The highest BCUT2D eigenvalue weighted by atomic mass is 16.7. The highest BCUT2D eigenvalue weighted by molar-refractivity contribution is 6.62. The Kier molecular flexibility index (Phi) is 6.25. The average molecular weight is 429 g/mol. The first kappa shape index (κ1) is 22.4. The van der Waals surface area contributed by atoms with Crippen molar-refractivity contribution >= 4 is 30.0 Å². The number of benzene rings is 1. The first-order valence-corrected chi connectivity index (χ1v) is 11.6. The van der Waals surface area contributed by atoms with Gasteiger partial charge in [-0.2, -0.15) is 0 Å². The van der Waals surface area contributed by atoms with Crippen molar-refractivity contribution < 1.29 is 19.2 Å². The number of hydrogen-bond donors (Lipinski definition) is 2. The van der Waals surface area contributed by atoms with Crippen molar-refractivity contribution in [1.29, 1.82) is 0 Å². The summed E-state index contributed by atoms with van der Waals surface area (Å²) in [6, 6.07) is 6.47. The number of nitrogens with zero attached hydrogens (tertiary/aromatic N) is 2. The Morgan fingerprint density at radius 1 is 1.03 bits per heavy atom. The Bertz CT molecular complexity index is 786. The van der Waals surface area contributed by atoms with Crippen LogP contribution >= 0.6 is 0 Å². The summed E-state index contributed by atoms with van der Waals surface area (Å²) in [5.74, 6) is 0. The van der Waals surface area contributed by atoms with Gasteiger partial charge in [0.25, 0.3) is 0 Å². The van der Waals surface area contributed by atoms with Gasteiger partial charge in [-0.3, -0.25) is 10.2 Å². The number of nitrogens with one attached hydrogen (secondary N) is 1.